The molecule has 0 amide bonds. The van der Waals surface area contributed by atoms with Gasteiger partial charge in [0.25, 0.3) is 0 Å². The number of hydrogen-bond donors (Lipinski definition) is 8. The number of benzene rings is 5. The van der Waals surface area contributed by atoms with Gasteiger partial charge in [-0.15, -0.1) is 0 Å². The van der Waals surface area contributed by atoms with Crippen LogP contribution in [0.2, 0.25) is 0 Å². The Morgan fingerprint density at radius 2 is 0.551 bits per heavy atom. The third-order valence-electron chi connectivity index (χ3n) is 35.2. The Balaban J connectivity index is 0.000000110. The number of carboxylic acid groups (broad SMARTS) is 3. The molecule has 0 bridgehead atoms. The lowest BCUT2D eigenvalue weighted by Crippen LogP contribution is -2.59. The average molecular weight is 1620 g/mol. The van der Waals surface area contributed by atoms with Gasteiger partial charge in [-0.25, -0.2) is 14.4 Å². The van der Waals surface area contributed by atoms with E-state index in [0.717, 1.165) is 172 Å². The van der Waals surface area contributed by atoms with E-state index in [1.165, 1.54) is 30.4 Å². The number of ether oxygens (including phenoxy) is 5. The molecule has 20 rings (SSSR count). The highest BCUT2D eigenvalue weighted by Crippen LogP contribution is 2.80. The van der Waals surface area contributed by atoms with Crippen molar-refractivity contribution in [3.8, 4) is 57.5 Å². The van der Waals surface area contributed by atoms with E-state index < -0.39 is 17.9 Å². The van der Waals surface area contributed by atoms with E-state index in [1.54, 1.807) is 0 Å². The molecule has 5 aromatic rings. The number of carboxylic acids is 3. The van der Waals surface area contributed by atoms with Gasteiger partial charge in [-0.1, -0.05) is 142 Å². The standard InChI is InChI=1S/C22H30O4.C21H28O4.C20H26O4.C20H28O2.C19H26O2/c1-5-6-7-8-12-11-14-16(19(23)15(12)20(24)25)18-17-13(21(18,2)3)9-10-22(17,4)26-14;1-5-6-7-11-10-13-15(18(22)14(11)19(23)24)17-16-12(20(17,2)3)8-9-21(16,4)25-13;1-5-6-10-9-12-14(17(21)13(10)18(22)23)16-15-11(19(16,2)3)7-8-20(15,4)24-12;1-5-6-7-12-10-14(21)16-15(11-12)22-20(4)9-8-13-17(20)18(16)19(13,2)3;1-5-6-11-9-13(20)15-14(10-11)21-19(4)8-7-12-16(19)17(15)18(12,2)3/h11,13,17-18,23H,5-10H2,1-4H3,(H,24,25);10,12,16-17,22H,5-9H2,1-4H3,(H,23,24);9,11,15-16,21H,5-8H2,1-4H3,(H,22,23);10-11,13,17-18,21H,5-9H2,1-4H3;9-10,12,16-17,20H,5-8H2,1-4H3/t13?,17-,18-,22-;12?,16-,17-,21-;11?,15-,16-,20-;13?,17-,18-,20-;12?,16-,17-,19-/m11111/s1. The van der Waals surface area contributed by atoms with Crippen molar-refractivity contribution in [3.05, 3.63) is 115 Å². The molecule has 10 aliphatic carbocycles. The number of hydrogen-bond acceptors (Lipinski definition) is 13. The Hall–Kier alpha value is -7.49. The second-order valence-corrected chi connectivity index (χ2v) is 43.6. The topological polar surface area (TPSA) is 259 Å². The molecule has 15 aliphatic rings. The van der Waals surface area contributed by atoms with Crippen LogP contribution in [0.1, 0.15) is 377 Å². The largest absolute Gasteiger partial charge is 0.508 e. The van der Waals surface area contributed by atoms with Gasteiger partial charge in [0.1, 0.15) is 102 Å². The summed E-state index contributed by atoms with van der Waals surface area (Å²) in [5.41, 5.74) is 9.29. The molecule has 20 atom stereocenters. The van der Waals surface area contributed by atoms with Crippen LogP contribution < -0.4 is 23.7 Å². The van der Waals surface area contributed by atoms with Gasteiger partial charge in [0.05, 0.1) is 0 Å². The molecule has 642 valence electrons. The van der Waals surface area contributed by atoms with Crippen LogP contribution in [-0.4, -0.2) is 86.8 Å². The number of fused-ring (bicyclic) bond motifs is 10. The Kier molecular flexibility index (Phi) is 20.5. The van der Waals surface area contributed by atoms with Crippen molar-refractivity contribution in [3.63, 3.8) is 0 Å². The number of rotatable bonds is 17. The van der Waals surface area contributed by atoms with Crippen LogP contribution in [0.15, 0.2) is 42.5 Å². The maximum Gasteiger partial charge on any atom is 0.339 e. The number of unbranched alkanes of at least 4 members (excludes halogenated alkanes) is 4. The fourth-order valence-electron chi connectivity index (χ4n) is 29.5. The molecule has 8 N–H and O–H groups in total. The van der Waals surface area contributed by atoms with E-state index in [-0.39, 0.29) is 107 Å². The van der Waals surface area contributed by atoms with Gasteiger partial charge in [-0.3, -0.25) is 0 Å². The monoisotopic (exact) mass is 1620 g/mol. The number of aromatic hydroxyl groups is 5. The molecule has 0 aromatic heterocycles. The zero-order valence-corrected chi connectivity index (χ0v) is 74.5. The highest BCUT2D eigenvalue weighted by molar-refractivity contribution is 5.96. The molecule has 5 aromatic carbocycles. The Morgan fingerprint density at radius 3 is 0.822 bits per heavy atom. The number of aromatic carboxylic acids is 3. The van der Waals surface area contributed by atoms with Crippen LogP contribution in [-0.2, 0) is 32.1 Å². The number of phenolic OH excluding ortho intramolecular Hbond substituents is 2. The van der Waals surface area contributed by atoms with E-state index in [1.807, 2.05) is 37.3 Å². The van der Waals surface area contributed by atoms with Gasteiger partial charge in [0.2, 0.25) is 0 Å². The first kappa shape index (κ1) is 84.1. The predicted molar refractivity (Wildman–Crippen MR) is 459 cm³/mol. The van der Waals surface area contributed by atoms with Crippen molar-refractivity contribution >= 4 is 17.9 Å². The molecule has 118 heavy (non-hydrogen) atoms. The van der Waals surface area contributed by atoms with Crippen LogP contribution >= 0.6 is 0 Å². The smallest absolute Gasteiger partial charge is 0.339 e. The molecule has 5 aliphatic heterocycles. The molecule has 16 heteroatoms. The normalized spacial score (nSPS) is 35.2. The Labute approximate surface area is 701 Å². The van der Waals surface area contributed by atoms with Crippen molar-refractivity contribution in [2.45, 2.75) is 350 Å². The number of phenols is 5. The summed E-state index contributed by atoms with van der Waals surface area (Å²) in [4.78, 5) is 35.6. The van der Waals surface area contributed by atoms with Crippen molar-refractivity contribution < 1.29 is 78.9 Å². The molecule has 16 nitrogen and oxygen atoms in total. The lowest BCUT2D eigenvalue weighted by molar-refractivity contribution is -0.121. The predicted octanol–water partition coefficient (Wildman–Crippen LogP) is 23.9. The summed E-state index contributed by atoms with van der Waals surface area (Å²) in [6, 6.07) is 14.0. The summed E-state index contributed by atoms with van der Waals surface area (Å²) in [7, 11) is 0. The first-order chi connectivity index (χ1) is 55.4. The van der Waals surface area contributed by atoms with Gasteiger partial charge in [-0.05, 0) is 277 Å². The summed E-state index contributed by atoms with van der Waals surface area (Å²) < 4.78 is 32.2. The number of aryl methyl sites for hydroxylation is 5. The molecule has 0 spiro atoms. The van der Waals surface area contributed by atoms with Crippen molar-refractivity contribution in [2.75, 3.05) is 0 Å². The molecule has 5 unspecified atom stereocenters. The van der Waals surface area contributed by atoms with Gasteiger partial charge < -0.3 is 64.5 Å². The van der Waals surface area contributed by atoms with Gasteiger partial charge in [0.15, 0.2) is 0 Å². The maximum absolute atomic E-state index is 11.9. The minimum atomic E-state index is -1.05. The summed E-state index contributed by atoms with van der Waals surface area (Å²) in [5.74, 6) is 8.67. The minimum Gasteiger partial charge on any atom is -0.508 e. The fraction of sp³-hybridized carbons (Fsp3) is 0.676. The van der Waals surface area contributed by atoms with Gasteiger partial charge in [-0.2, -0.15) is 0 Å². The minimum absolute atomic E-state index is 0.0187. The van der Waals surface area contributed by atoms with Crippen molar-refractivity contribution in [1.82, 2.24) is 0 Å². The zero-order chi connectivity index (χ0) is 85.1. The molecule has 0 saturated heterocycles. The van der Waals surface area contributed by atoms with Crippen LogP contribution in [0.3, 0.4) is 0 Å². The van der Waals surface area contributed by atoms with E-state index in [4.69, 9.17) is 23.7 Å². The second kappa shape index (κ2) is 28.8. The molecule has 10 saturated carbocycles. The summed E-state index contributed by atoms with van der Waals surface area (Å²) >= 11 is 0. The SMILES string of the molecule is CCCCCc1cc2c(c(O)c1C(=O)O)[C@@H]1[C@H]3C(CC[C@@]3(C)O2)C1(C)C.CCCCc1cc(O)c2c(c1)O[C@]1(C)CCC3[C@@H]1[C@@H]2C3(C)C.CCCCc1cc2c(c(O)c1C(=O)O)[C@@H]1[C@H]3C(CC[C@@]3(C)O2)C1(C)C.CCCc1cc(O)c2c(c1)O[C@]1(C)CCC3[C@@H]1[C@@H]2C3(C)C.CCCc1cc2c(c(O)c1C(=O)O)[C@@H]1[C@H]3C(CC[C@@]3(C)O2)C1(C)C. The summed E-state index contributed by atoms with van der Waals surface area (Å²) in [6.07, 6.45) is 24.5. The molecular weight excluding hydrogens is 1480 g/mol. The first-order valence-electron chi connectivity index (χ1n) is 46.0. The second-order valence-electron chi connectivity index (χ2n) is 43.6. The van der Waals surface area contributed by atoms with Crippen molar-refractivity contribution in [1.29, 1.82) is 0 Å². The maximum atomic E-state index is 11.9. The average Bonchev–Trinajstić information content (AvgIpc) is 1.48. The first-order valence-corrected chi connectivity index (χ1v) is 46.0. The van der Waals surface area contributed by atoms with Crippen LogP contribution in [0.5, 0.6) is 57.5 Å². The Morgan fingerprint density at radius 1 is 0.305 bits per heavy atom. The van der Waals surface area contributed by atoms with E-state index >= 15 is 0 Å². The van der Waals surface area contributed by atoms with Crippen LogP contribution in [0.25, 0.3) is 0 Å². The molecule has 0 radical (unpaired) electrons. The lowest BCUT2D eigenvalue weighted by atomic mass is 9.45. The van der Waals surface area contributed by atoms with Gasteiger partial charge in [0, 0.05) is 87.0 Å². The fourth-order valence-corrected chi connectivity index (χ4v) is 29.5. The lowest BCUT2D eigenvalue weighted by Gasteiger charge is -2.62. The molecular formula is C102H138O16. The van der Waals surface area contributed by atoms with Crippen LogP contribution in [0.4, 0.5) is 0 Å². The summed E-state index contributed by atoms with van der Waals surface area (Å²) in [6.45, 7) is 44.8. The van der Waals surface area contributed by atoms with Crippen molar-refractivity contribution in [2.24, 2.45) is 86.3 Å². The molecule has 10 fully saturated rings. The summed E-state index contributed by atoms with van der Waals surface area (Å²) in [5, 5.41) is 83.3. The van der Waals surface area contributed by atoms with E-state index in [9.17, 15) is 55.2 Å². The number of carbonyl (C=O) groups is 3. The zero-order valence-electron chi connectivity index (χ0n) is 74.5. The highest BCUT2D eigenvalue weighted by Gasteiger charge is 2.75. The van der Waals surface area contributed by atoms with Crippen LogP contribution in [0, 0.1) is 86.3 Å². The third kappa shape index (κ3) is 12.2. The van der Waals surface area contributed by atoms with E-state index in [2.05, 4.69) is 144 Å². The molecule has 5 heterocycles. The van der Waals surface area contributed by atoms with E-state index in [0.29, 0.717) is 118 Å². The highest BCUT2D eigenvalue weighted by atomic mass is 16.5. The van der Waals surface area contributed by atoms with Gasteiger partial charge >= 0.3 is 17.9 Å². The Bertz CT molecular complexity index is 4860. The third-order valence-corrected chi connectivity index (χ3v) is 35.2. The quantitative estimate of drug-likeness (QED) is 0.0403.